The summed E-state index contributed by atoms with van der Waals surface area (Å²) in [7, 11) is 0. The molecule has 0 amide bonds. The van der Waals surface area contributed by atoms with Gasteiger partial charge in [-0.05, 0) is 43.8 Å². The Labute approximate surface area is 124 Å². The van der Waals surface area contributed by atoms with E-state index in [2.05, 4.69) is 43.4 Å². The highest BCUT2D eigenvalue weighted by Crippen LogP contribution is 2.22. The van der Waals surface area contributed by atoms with Crippen molar-refractivity contribution in [2.45, 2.75) is 78.3 Å². The second kappa shape index (κ2) is 8.05. The second-order valence-electron chi connectivity index (χ2n) is 6.12. The number of hydrogen-bond acceptors (Lipinski definition) is 2. The summed E-state index contributed by atoms with van der Waals surface area (Å²) in [5.41, 5.74) is 3.62. The van der Waals surface area contributed by atoms with E-state index in [1.165, 1.54) is 32.1 Å². The standard InChI is InChI=1S/C15H31N3S/c1-5-7-8-9-11-15(6-2)16-14(19)18(17-15)12-10-13(3)4/h13,17H,5-12H2,1-4H3,(H,16,19)/t15-/m1/s1. The van der Waals surface area contributed by atoms with E-state index < -0.39 is 0 Å². The molecule has 0 bridgehead atoms. The molecule has 3 nitrogen and oxygen atoms in total. The topological polar surface area (TPSA) is 27.3 Å². The molecule has 1 saturated heterocycles. The number of unbranched alkanes of at least 4 members (excludes halogenated alkanes) is 3. The van der Waals surface area contributed by atoms with Gasteiger partial charge in [0, 0.05) is 6.54 Å². The van der Waals surface area contributed by atoms with Crippen LogP contribution in [-0.4, -0.2) is 22.3 Å². The third-order valence-corrected chi connectivity index (χ3v) is 4.25. The smallest absolute Gasteiger partial charge is 0.185 e. The van der Waals surface area contributed by atoms with Crippen LogP contribution in [0.3, 0.4) is 0 Å². The maximum atomic E-state index is 5.46. The van der Waals surface area contributed by atoms with Crippen molar-refractivity contribution in [3.05, 3.63) is 0 Å². The molecule has 0 saturated carbocycles. The minimum atomic E-state index is 0.00179. The number of nitrogens with zero attached hydrogens (tertiary/aromatic N) is 1. The fourth-order valence-corrected chi connectivity index (χ4v) is 2.80. The van der Waals surface area contributed by atoms with Crippen molar-refractivity contribution in [2.24, 2.45) is 5.92 Å². The third kappa shape index (κ3) is 5.27. The van der Waals surface area contributed by atoms with Crippen LogP contribution in [-0.2, 0) is 0 Å². The Kier molecular flexibility index (Phi) is 7.08. The first kappa shape index (κ1) is 16.7. The monoisotopic (exact) mass is 285 g/mol. The molecule has 0 aromatic heterocycles. The van der Waals surface area contributed by atoms with Gasteiger partial charge in [-0.2, -0.15) is 0 Å². The summed E-state index contributed by atoms with van der Waals surface area (Å²) in [6.45, 7) is 9.99. The number of hydrazine groups is 1. The first-order valence-corrected chi connectivity index (χ1v) is 8.31. The van der Waals surface area contributed by atoms with Crippen LogP contribution in [0.25, 0.3) is 0 Å². The van der Waals surface area contributed by atoms with Gasteiger partial charge in [0.05, 0.1) is 0 Å². The molecule has 2 N–H and O–H groups in total. The molecular weight excluding hydrogens is 254 g/mol. The second-order valence-corrected chi connectivity index (χ2v) is 6.51. The average molecular weight is 286 g/mol. The van der Waals surface area contributed by atoms with Crippen LogP contribution in [0.15, 0.2) is 0 Å². The van der Waals surface area contributed by atoms with Gasteiger partial charge in [-0.25, -0.2) is 5.43 Å². The zero-order chi connectivity index (χ0) is 14.3. The van der Waals surface area contributed by atoms with Gasteiger partial charge in [-0.15, -0.1) is 0 Å². The SMILES string of the molecule is CCCCCC[C@]1(CC)NC(=S)N(CCC(C)C)N1. The molecular formula is C15H31N3S. The Bertz CT molecular complexity index is 281. The summed E-state index contributed by atoms with van der Waals surface area (Å²) in [5.74, 6) is 0.714. The van der Waals surface area contributed by atoms with E-state index in [1.54, 1.807) is 0 Å². The van der Waals surface area contributed by atoms with Crippen molar-refractivity contribution < 1.29 is 0 Å². The Balaban J connectivity index is 2.44. The Hall–Kier alpha value is -0.350. The minimum absolute atomic E-state index is 0.00179. The summed E-state index contributed by atoms with van der Waals surface area (Å²) in [4.78, 5) is 0. The van der Waals surface area contributed by atoms with Gasteiger partial charge in [0.25, 0.3) is 0 Å². The summed E-state index contributed by atoms with van der Waals surface area (Å²) in [6.07, 6.45) is 8.60. The van der Waals surface area contributed by atoms with E-state index >= 15 is 0 Å². The predicted octanol–water partition coefficient (Wildman–Crippen LogP) is 3.80. The van der Waals surface area contributed by atoms with E-state index in [1.807, 2.05) is 0 Å². The lowest BCUT2D eigenvalue weighted by molar-refractivity contribution is 0.188. The minimum Gasteiger partial charge on any atom is -0.342 e. The maximum Gasteiger partial charge on any atom is 0.185 e. The molecule has 1 atom stereocenters. The van der Waals surface area contributed by atoms with E-state index in [0.29, 0.717) is 5.92 Å². The third-order valence-electron chi connectivity index (χ3n) is 3.93. The van der Waals surface area contributed by atoms with E-state index in [-0.39, 0.29) is 5.66 Å². The molecule has 1 heterocycles. The zero-order valence-electron chi connectivity index (χ0n) is 13.1. The summed E-state index contributed by atoms with van der Waals surface area (Å²) in [6, 6.07) is 0. The largest absolute Gasteiger partial charge is 0.342 e. The van der Waals surface area contributed by atoms with E-state index in [9.17, 15) is 0 Å². The normalized spacial score (nSPS) is 23.2. The predicted molar refractivity (Wildman–Crippen MR) is 86.8 cm³/mol. The lowest BCUT2D eigenvalue weighted by Gasteiger charge is -2.29. The highest BCUT2D eigenvalue weighted by molar-refractivity contribution is 7.80. The Morgan fingerprint density at radius 1 is 1.21 bits per heavy atom. The molecule has 4 heteroatoms. The molecule has 0 unspecified atom stereocenters. The highest BCUT2D eigenvalue weighted by Gasteiger charge is 2.37. The van der Waals surface area contributed by atoms with Crippen LogP contribution in [0.4, 0.5) is 0 Å². The fourth-order valence-electron chi connectivity index (χ4n) is 2.47. The quantitative estimate of drug-likeness (QED) is 0.498. The molecule has 0 radical (unpaired) electrons. The number of hydrogen-bond donors (Lipinski definition) is 2. The summed E-state index contributed by atoms with van der Waals surface area (Å²) >= 11 is 5.46. The molecule has 19 heavy (non-hydrogen) atoms. The highest BCUT2D eigenvalue weighted by atomic mass is 32.1. The van der Waals surface area contributed by atoms with E-state index in [0.717, 1.165) is 24.5 Å². The maximum absolute atomic E-state index is 5.46. The van der Waals surface area contributed by atoms with Gasteiger partial charge in [0.15, 0.2) is 5.11 Å². The Morgan fingerprint density at radius 3 is 2.53 bits per heavy atom. The van der Waals surface area contributed by atoms with Crippen molar-refractivity contribution in [3.8, 4) is 0 Å². The number of nitrogens with one attached hydrogen (secondary N) is 2. The van der Waals surface area contributed by atoms with Crippen LogP contribution in [0.5, 0.6) is 0 Å². The van der Waals surface area contributed by atoms with Gasteiger partial charge in [-0.1, -0.05) is 47.0 Å². The van der Waals surface area contributed by atoms with Crippen LogP contribution in [0, 0.1) is 5.92 Å². The lowest BCUT2D eigenvalue weighted by atomic mass is 9.99. The van der Waals surface area contributed by atoms with Crippen molar-refractivity contribution >= 4 is 17.3 Å². The molecule has 1 fully saturated rings. The molecule has 0 aromatic carbocycles. The lowest BCUT2D eigenvalue weighted by Crippen LogP contribution is -2.50. The molecule has 1 aliphatic rings. The van der Waals surface area contributed by atoms with Crippen molar-refractivity contribution in [3.63, 3.8) is 0 Å². The van der Waals surface area contributed by atoms with Crippen LogP contribution in [0.2, 0.25) is 0 Å². The molecule has 1 aliphatic heterocycles. The van der Waals surface area contributed by atoms with Gasteiger partial charge in [0.1, 0.15) is 5.66 Å². The van der Waals surface area contributed by atoms with Crippen LogP contribution in [0.1, 0.15) is 72.6 Å². The molecule has 0 aromatic rings. The molecule has 0 aliphatic carbocycles. The molecule has 1 rings (SSSR count). The van der Waals surface area contributed by atoms with Gasteiger partial charge >= 0.3 is 0 Å². The zero-order valence-corrected chi connectivity index (χ0v) is 13.9. The summed E-state index contributed by atoms with van der Waals surface area (Å²) in [5, 5.41) is 6.52. The fraction of sp³-hybridized carbons (Fsp3) is 0.933. The number of rotatable bonds is 9. The van der Waals surface area contributed by atoms with Crippen LogP contribution >= 0.6 is 12.2 Å². The molecule has 0 spiro atoms. The van der Waals surface area contributed by atoms with Crippen molar-refractivity contribution in [1.82, 2.24) is 15.8 Å². The Morgan fingerprint density at radius 2 is 1.95 bits per heavy atom. The van der Waals surface area contributed by atoms with Crippen molar-refractivity contribution in [2.75, 3.05) is 6.54 Å². The first-order valence-electron chi connectivity index (χ1n) is 7.90. The van der Waals surface area contributed by atoms with Gasteiger partial charge in [-0.3, -0.25) is 5.01 Å². The van der Waals surface area contributed by atoms with E-state index in [4.69, 9.17) is 12.2 Å². The van der Waals surface area contributed by atoms with Crippen molar-refractivity contribution in [1.29, 1.82) is 0 Å². The number of thiocarbonyl (C=S) groups is 1. The first-order chi connectivity index (χ1) is 9.03. The van der Waals surface area contributed by atoms with Gasteiger partial charge in [0.2, 0.25) is 0 Å². The molecule has 112 valence electrons. The van der Waals surface area contributed by atoms with Crippen LogP contribution < -0.4 is 10.7 Å². The van der Waals surface area contributed by atoms with Gasteiger partial charge < -0.3 is 5.32 Å². The summed E-state index contributed by atoms with van der Waals surface area (Å²) < 4.78 is 0. The average Bonchev–Trinajstić information content (AvgIpc) is 2.70.